The van der Waals surface area contributed by atoms with Crippen LogP contribution in [0.25, 0.3) is 11.0 Å². The number of halogens is 2. The third kappa shape index (κ3) is 6.19. The zero-order valence-electron chi connectivity index (χ0n) is 22.5. The Hall–Kier alpha value is -3.60. The van der Waals surface area contributed by atoms with Crippen LogP contribution in [0.4, 0.5) is 14.7 Å². The molecule has 8 nitrogen and oxygen atoms in total. The van der Waals surface area contributed by atoms with Gasteiger partial charge in [-0.15, -0.1) is 11.3 Å². The lowest BCUT2D eigenvalue weighted by Crippen LogP contribution is -2.41. The van der Waals surface area contributed by atoms with E-state index in [-0.39, 0.29) is 45.0 Å². The number of aromatic nitrogens is 2. The molecule has 1 aromatic carbocycles. The summed E-state index contributed by atoms with van der Waals surface area (Å²) in [6.45, 7) is 12.6. The lowest BCUT2D eigenvalue weighted by molar-refractivity contribution is -0.126. The van der Waals surface area contributed by atoms with Crippen LogP contribution in [0, 0.1) is 5.41 Å². The summed E-state index contributed by atoms with van der Waals surface area (Å²) in [6, 6.07) is 7.49. The number of hydrogen-bond acceptors (Lipinski definition) is 5. The maximum atomic E-state index is 13.1. The molecule has 3 amide bonds. The van der Waals surface area contributed by atoms with Crippen molar-refractivity contribution in [3.63, 3.8) is 0 Å². The van der Waals surface area contributed by atoms with E-state index in [1.54, 1.807) is 27.7 Å². The number of anilines is 1. The fourth-order valence-corrected chi connectivity index (χ4v) is 5.21. The average Bonchev–Trinajstić information content (AvgIpc) is 3.62. The van der Waals surface area contributed by atoms with E-state index in [2.05, 4.69) is 22.2 Å². The molecule has 3 aromatic rings. The van der Waals surface area contributed by atoms with Crippen LogP contribution in [0.15, 0.2) is 43.0 Å². The van der Waals surface area contributed by atoms with E-state index in [0.717, 1.165) is 24.2 Å². The number of thiophene rings is 1. The minimum atomic E-state index is -2.66. The minimum absolute atomic E-state index is 0.0761. The SMILES string of the molecule is C=CC(=O)N1CCCC1Cn1c(NC(=O)c2ccc(C(F)F)s2)nc2cc(C(=O)NC(C)C(C)(C)C)ccc21. The number of rotatable bonds is 8. The van der Waals surface area contributed by atoms with Crippen LogP contribution in [0.5, 0.6) is 0 Å². The second-order valence-electron chi connectivity index (χ2n) is 10.8. The molecule has 1 fully saturated rings. The molecule has 2 unspecified atom stereocenters. The topological polar surface area (TPSA) is 96.3 Å². The number of alkyl halides is 2. The van der Waals surface area contributed by atoms with Crippen LogP contribution in [-0.2, 0) is 11.3 Å². The van der Waals surface area contributed by atoms with E-state index in [9.17, 15) is 23.2 Å². The van der Waals surface area contributed by atoms with Gasteiger partial charge in [-0.25, -0.2) is 13.8 Å². The van der Waals surface area contributed by atoms with Crippen molar-refractivity contribution in [2.24, 2.45) is 5.41 Å². The molecule has 0 aliphatic carbocycles. The van der Waals surface area contributed by atoms with Crippen LogP contribution in [0.3, 0.4) is 0 Å². The van der Waals surface area contributed by atoms with Crippen molar-refractivity contribution < 1.29 is 23.2 Å². The number of benzene rings is 1. The molecule has 11 heteroatoms. The Morgan fingerprint density at radius 1 is 1.21 bits per heavy atom. The van der Waals surface area contributed by atoms with Crippen LogP contribution in [-0.4, -0.2) is 50.8 Å². The van der Waals surface area contributed by atoms with Gasteiger partial charge in [-0.1, -0.05) is 27.4 Å². The standard InChI is InChI=1S/C28H33F2N5O3S/c1-6-23(36)34-13-7-8-18(34)15-35-20-10-9-17(25(37)31-16(2)28(3,4)5)14-19(20)32-27(35)33-26(38)22-12-11-21(39-22)24(29)30/h6,9-12,14,16,18,24H,1,7-8,13,15H2,2-5H3,(H,31,37)(H,32,33,38). The molecule has 2 aromatic heterocycles. The highest BCUT2D eigenvalue weighted by molar-refractivity contribution is 7.14. The molecule has 1 aliphatic heterocycles. The molecule has 1 saturated heterocycles. The number of imidazole rings is 1. The number of hydrogen-bond donors (Lipinski definition) is 2. The summed E-state index contributed by atoms with van der Waals surface area (Å²) in [5.74, 6) is -0.764. The van der Waals surface area contributed by atoms with Crippen LogP contribution in [0.2, 0.25) is 0 Å². The van der Waals surface area contributed by atoms with Crippen molar-refractivity contribution in [2.75, 3.05) is 11.9 Å². The summed E-state index contributed by atoms with van der Waals surface area (Å²) in [6.07, 6.45) is 0.219. The van der Waals surface area contributed by atoms with E-state index < -0.39 is 12.3 Å². The molecular weight excluding hydrogens is 524 g/mol. The fraction of sp³-hybridized carbons (Fsp3) is 0.429. The maximum Gasteiger partial charge on any atom is 0.272 e. The molecule has 4 rings (SSSR count). The largest absolute Gasteiger partial charge is 0.349 e. The van der Waals surface area contributed by atoms with Crippen LogP contribution in [0.1, 0.15) is 71.9 Å². The van der Waals surface area contributed by atoms with Crippen molar-refractivity contribution in [1.82, 2.24) is 19.8 Å². The van der Waals surface area contributed by atoms with Gasteiger partial charge in [-0.2, -0.15) is 0 Å². The van der Waals surface area contributed by atoms with Gasteiger partial charge in [0.05, 0.1) is 26.8 Å². The lowest BCUT2D eigenvalue weighted by atomic mass is 9.88. The molecule has 0 saturated carbocycles. The Morgan fingerprint density at radius 2 is 1.95 bits per heavy atom. The predicted molar refractivity (Wildman–Crippen MR) is 148 cm³/mol. The number of fused-ring (bicyclic) bond motifs is 1. The van der Waals surface area contributed by atoms with Crippen molar-refractivity contribution >= 4 is 46.0 Å². The normalized spacial score (nSPS) is 16.5. The van der Waals surface area contributed by atoms with Crippen molar-refractivity contribution in [2.45, 2.75) is 65.6 Å². The van der Waals surface area contributed by atoms with Crippen LogP contribution < -0.4 is 10.6 Å². The van der Waals surface area contributed by atoms with Crippen LogP contribution >= 0.6 is 11.3 Å². The van der Waals surface area contributed by atoms with Gasteiger partial charge >= 0.3 is 0 Å². The first-order valence-corrected chi connectivity index (χ1v) is 13.6. The Bertz CT molecular complexity index is 1410. The van der Waals surface area contributed by atoms with Gasteiger partial charge in [-0.3, -0.25) is 19.7 Å². The Balaban J connectivity index is 1.69. The monoisotopic (exact) mass is 557 g/mol. The van der Waals surface area contributed by atoms with Gasteiger partial charge in [0.25, 0.3) is 18.2 Å². The Morgan fingerprint density at radius 3 is 2.59 bits per heavy atom. The third-order valence-corrected chi connectivity index (χ3v) is 8.27. The quantitative estimate of drug-likeness (QED) is 0.351. The van der Waals surface area contributed by atoms with E-state index >= 15 is 0 Å². The molecule has 0 spiro atoms. The van der Waals surface area contributed by atoms with E-state index in [1.165, 1.54) is 18.2 Å². The number of nitrogens with zero attached hydrogens (tertiary/aromatic N) is 3. The summed E-state index contributed by atoms with van der Waals surface area (Å²) < 4.78 is 27.9. The van der Waals surface area contributed by atoms with Gasteiger partial charge in [0.1, 0.15) is 0 Å². The second-order valence-corrected chi connectivity index (χ2v) is 11.9. The van der Waals surface area contributed by atoms with Crippen molar-refractivity contribution in [1.29, 1.82) is 0 Å². The number of nitrogens with one attached hydrogen (secondary N) is 2. The number of likely N-dealkylation sites (tertiary alicyclic amines) is 1. The Labute approximate surface area is 230 Å². The minimum Gasteiger partial charge on any atom is -0.349 e. The molecule has 39 heavy (non-hydrogen) atoms. The predicted octanol–water partition coefficient (Wildman–Crippen LogP) is 5.63. The zero-order chi connectivity index (χ0) is 28.5. The van der Waals surface area contributed by atoms with Gasteiger partial charge in [0.15, 0.2) is 0 Å². The fourth-order valence-electron chi connectivity index (χ4n) is 4.45. The molecule has 2 N–H and O–H groups in total. The van der Waals surface area contributed by atoms with Gasteiger partial charge in [-0.05, 0) is 61.6 Å². The smallest absolute Gasteiger partial charge is 0.272 e. The summed E-state index contributed by atoms with van der Waals surface area (Å²) >= 11 is 0.719. The molecule has 2 atom stereocenters. The van der Waals surface area contributed by atoms with E-state index in [4.69, 9.17) is 0 Å². The lowest BCUT2D eigenvalue weighted by Gasteiger charge is -2.28. The zero-order valence-corrected chi connectivity index (χ0v) is 23.3. The number of amides is 3. The third-order valence-electron chi connectivity index (χ3n) is 7.18. The summed E-state index contributed by atoms with van der Waals surface area (Å²) in [4.78, 5) is 44.6. The highest BCUT2D eigenvalue weighted by Gasteiger charge is 2.30. The summed E-state index contributed by atoms with van der Waals surface area (Å²) in [7, 11) is 0. The van der Waals surface area contributed by atoms with Gasteiger partial charge < -0.3 is 14.8 Å². The van der Waals surface area contributed by atoms with Gasteiger partial charge in [0.2, 0.25) is 11.9 Å². The number of carbonyl (C=O) groups excluding carboxylic acids is 3. The summed E-state index contributed by atoms with van der Waals surface area (Å²) in [5.41, 5.74) is 1.45. The second kappa shape index (κ2) is 11.3. The van der Waals surface area contributed by atoms with E-state index in [0.29, 0.717) is 29.7 Å². The molecule has 0 bridgehead atoms. The van der Waals surface area contributed by atoms with Crippen molar-refractivity contribution in [3.8, 4) is 0 Å². The van der Waals surface area contributed by atoms with E-state index in [1.807, 2.05) is 27.7 Å². The maximum absolute atomic E-state index is 13.1. The first-order chi connectivity index (χ1) is 18.4. The number of carbonyl (C=O) groups is 3. The molecular formula is C28H33F2N5O3S. The summed E-state index contributed by atoms with van der Waals surface area (Å²) in [5, 5.41) is 5.77. The molecule has 0 radical (unpaired) electrons. The first-order valence-electron chi connectivity index (χ1n) is 12.8. The first kappa shape index (κ1) is 28.4. The molecule has 208 valence electrons. The molecule has 1 aliphatic rings. The molecule has 3 heterocycles. The Kier molecular flexibility index (Phi) is 8.20. The highest BCUT2D eigenvalue weighted by atomic mass is 32.1. The average molecular weight is 558 g/mol. The highest BCUT2D eigenvalue weighted by Crippen LogP contribution is 2.29. The van der Waals surface area contributed by atoms with Gasteiger partial charge in [0, 0.05) is 24.7 Å². The van der Waals surface area contributed by atoms with Crippen molar-refractivity contribution in [3.05, 3.63) is 58.3 Å².